The number of para-hydroxylation sites is 1. The maximum absolute atomic E-state index is 12.0. The van der Waals surface area contributed by atoms with Crippen molar-refractivity contribution in [1.82, 2.24) is 10.2 Å². The number of aromatic nitrogens is 2. The monoisotopic (exact) mass is 352 g/mol. The number of rotatable bonds is 7. The zero-order valence-electron chi connectivity index (χ0n) is 14.8. The lowest BCUT2D eigenvalue weighted by Crippen LogP contribution is -2.06. The predicted molar refractivity (Wildman–Crippen MR) is 95.6 cm³/mol. The molecular formula is C20H20N2O4. The van der Waals surface area contributed by atoms with Gasteiger partial charge in [0.1, 0.15) is 12.4 Å². The van der Waals surface area contributed by atoms with Crippen LogP contribution in [0.15, 0.2) is 52.9 Å². The second kappa shape index (κ2) is 8.29. The predicted octanol–water partition coefficient (Wildman–Crippen LogP) is 3.73. The van der Waals surface area contributed by atoms with Crippen molar-refractivity contribution in [3.8, 4) is 17.2 Å². The molecule has 3 rings (SSSR count). The van der Waals surface area contributed by atoms with Crippen molar-refractivity contribution in [3.63, 3.8) is 0 Å². The summed E-state index contributed by atoms with van der Waals surface area (Å²) in [4.78, 5) is 12.0. The van der Waals surface area contributed by atoms with Gasteiger partial charge in [-0.1, -0.05) is 35.9 Å². The van der Waals surface area contributed by atoms with Gasteiger partial charge >= 0.3 is 5.97 Å². The van der Waals surface area contributed by atoms with Gasteiger partial charge in [0.25, 0.3) is 0 Å². The lowest BCUT2D eigenvalue weighted by molar-refractivity contribution is -0.145. The lowest BCUT2D eigenvalue weighted by atomic mass is 10.1. The third kappa shape index (κ3) is 4.47. The van der Waals surface area contributed by atoms with Crippen LogP contribution in [0.4, 0.5) is 0 Å². The van der Waals surface area contributed by atoms with Gasteiger partial charge in [0.2, 0.25) is 11.8 Å². The third-order valence-electron chi connectivity index (χ3n) is 3.89. The molecule has 6 heteroatoms. The Bertz CT molecular complexity index is 872. The average molecular weight is 352 g/mol. The second-order valence-electron chi connectivity index (χ2n) is 5.84. The SMILES string of the molecule is COc1ccccc1COC(=O)CCc1nnc(-c2ccc(C)cc2)o1. The van der Waals surface area contributed by atoms with E-state index in [9.17, 15) is 4.79 Å². The topological polar surface area (TPSA) is 74.5 Å². The van der Waals surface area contributed by atoms with Crippen LogP contribution in [-0.4, -0.2) is 23.3 Å². The van der Waals surface area contributed by atoms with Crippen molar-refractivity contribution < 1.29 is 18.7 Å². The van der Waals surface area contributed by atoms with Gasteiger partial charge in [0.15, 0.2) is 0 Å². The van der Waals surface area contributed by atoms with Crippen LogP contribution in [0.25, 0.3) is 11.5 Å². The smallest absolute Gasteiger partial charge is 0.306 e. The normalized spacial score (nSPS) is 10.5. The molecule has 134 valence electrons. The fourth-order valence-electron chi connectivity index (χ4n) is 2.43. The van der Waals surface area contributed by atoms with E-state index in [1.54, 1.807) is 7.11 Å². The number of methoxy groups -OCH3 is 1. The van der Waals surface area contributed by atoms with Gasteiger partial charge in [-0.3, -0.25) is 4.79 Å². The summed E-state index contributed by atoms with van der Waals surface area (Å²) < 4.78 is 16.1. The Morgan fingerprint density at radius 2 is 1.85 bits per heavy atom. The molecule has 0 aliphatic rings. The highest BCUT2D eigenvalue weighted by Gasteiger charge is 2.12. The Hall–Kier alpha value is -3.15. The van der Waals surface area contributed by atoms with Gasteiger partial charge < -0.3 is 13.9 Å². The summed E-state index contributed by atoms with van der Waals surface area (Å²) in [6.07, 6.45) is 0.508. The van der Waals surface area contributed by atoms with Crippen molar-refractivity contribution in [2.45, 2.75) is 26.4 Å². The van der Waals surface area contributed by atoms with Crippen LogP contribution in [0.3, 0.4) is 0 Å². The minimum Gasteiger partial charge on any atom is -0.496 e. The summed E-state index contributed by atoms with van der Waals surface area (Å²) in [7, 11) is 1.59. The Kier molecular flexibility index (Phi) is 5.63. The fourth-order valence-corrected chi connectivity index (χ4v) is 2.43. The standard InChI is InChI=1S/C20H20N2O4/c1-14-7-9-15(10-8-14)20-22-21-18(26-20)11-12-19(23)25-13-16-5-3-4-6-17(16)24-2/h3-10H,11-13H2,1-2H3. The van der Waals surface area contributed by atoms with E-state index < -0.39 is 0 Å². The summed E-state index contributed by atoms with van der Waals surface area (Å²) >= 11 is 0. The molecule has 0 saturated carbocycles. The molecule has 0 atom stereocenters. The number of esters is 1. The van der Waals surface area contributed by atoms with E-state index in [1.807, 2.05) is 55.5 Å². The number of hydrogen-bond donors (Lipinski definition) is 0. The molecule has 0 fully saturated rings. The van der Waals surface area contributed by atoms with Crippen LogP contribution in [0, 0.1) is 6.92 Å². The first kappa shape index (κ1) is 17.7. The Balaban J connectivity index is 1.51. The van der Waals surface area contributed by atoms with E-state index in [0.717, 1.165) is 16.7 Å². The molecule has 0 unspecified atom stereocenters. The van der Waals surface area contributed by atoms with Gasteiger partial charge in [0.05, 0.1) is 13.5 Å². The molecule has 0 aliphatic carbocycles. The number of benzene rings is 2. The molecule has 1 heterocycles. The summed E-state index contributed by atoms with van der Waals surface area (Å²) in [5, 5.41) is 8.01. The quantitative estimate of drug-likeness (QED) is 0.603. The molecule has 0 amide bonds. The summed E-state index contributed by atoms with van der Waals surface area (Å²) in [5.74, 6) is 1.23. The number of ether oxygens (including phenoxy) is 2. The third-order valence-corrected chi connectivity index (χ3v) is 3.89. The van der Waals surface area contributed by atoms with Crippen molar-refractivity contribution in [2.24, 2.45) is 0 Å². The number of carbonyl (C=O) groups excluding carboxylic acids is 1. The molecule has 1 aromatic heterocycles. The Morgan fingerprint density at radius 3 is 2.62 bits per heavy atom. The summed E-state index contributed by atoms with van der Waals surface area (Å²) in [6, 6.07) is 15.2. The van der Waals surface area contributed by atoms with Gasteiger partial charge in [0, 0.05) is 17.5 Å². The number of aryl methyl sites for hydroxylation is 2. The number of hydrogen-bond acceptors (Lipinski definition) is 6. The van der Waals surface area contributed by atoms with Gasteiger partial charge in [-0.2, -0.15) is 0 Å². The maximum Gasteiger partial charge on any atom is 0.306 e. The minimum absolute atomic E-state index is 0.168. The van der Waals surface area contributed by atoms with E-state index >= 15 is 0 Å². The first-order chi connectivity index (χ1) is 12.7. The zero-order valence-corrected chi connectivity index (χ0v) is 14.8. The highest BCUT2D eigenvalue weighted by molar-refractivity contribution is 5.69. The summed E-state index contributed by atoms with van der Waals surface area (Å²) in [5.41, 5.74) is 2.84. The van der Waals surface area contributed by atoms with Crippen LogP contribution in [0.5, 0.6) is 5.75 Å². The van der Waals surface area contributed by atoms with Crippen LogP contribution >= 0.6 is 0 Å². The van der Waals surface area contributed by atoms with Crippen molar-refractivity contribution in [1.29, 1.82) is 0 Å². The van der Waals surface area contributed by atoms with Crippen molar-refractivity contribution in [2.75, 3.05) is 7.11 Å². The van der Waals surface area contributed by atoms with E-state index in [2.05, 4.69) is 10.2 Å². The molecule has 6 nitrogen and oxygen atoms in total. The minimum atomic E-state index is -0.328. The van der Waals surface area contributed by atoms with Gasteiger partial charge in [-0.15, -0.1) is 10.2 Å². The second-order valence-corrected chi connectivity index (χ2v) is 5.84. The largest absolute Gasteiger partial charge is 0.496 e. The van der Waals surface area contributed by atoms with Crippen LogP contribution in [0.1, 0.15) is 23.4 Å². The number of carbonyl (C=O) groups is 1. The fraction of sp³-hybridized carbons (Fsp3) is 0.250. The van der Waals surface area contributed by atoms with Crippen LogP contribution in [0.2, 0.25) is 0 Å². The van der Waals surface area contributed by atoms with Crippen LogP contribution < -0.4 is 4.74 Å². The molecule has 0 radical (unpaired) electrons. The van der Waals surface area contributed by atoms with E-state index in [0.29, 0.717) is 24.0 Å². The zero-order chi connectivity index (χ0) is 18.4. The highest BCUT2D eigenvalue weighted by atomic mass is 16.5. The lowest BCUT2D eigenvalue weighted by Gasteiger charge is -2.08. The van der Waals surface area contributed by atoms with Gasteiger partial charge in [-0.05, 0) is 25.1 Å². The molecule has 0 bridgehead atoms. The van der Waals surface area contributed by atoms with Crippen molar-refractivity contribution >= 4 is 5.97 Å². The molecule has 0 aliphatic heterocycles. The summed E-state index contributed by atoms with van der Waals surface area (Å²) in [6.45, 7) is 2.18. The molecular weight excluding hydrogens is 332 g/mol. The first-order valence-corrected chi connectivity index (χ1v) is 8.32. The average Bonchev–Trinajstić information content (AvgIpc) is 3.14. The van der Waals surface area contributed by atoms with E-state index in [1.165, 1.54) is 0 Å². The van der Waals surface area contributed by atoms with Crippen molar-refractivity contribution in [3.05, 3.63) is 65.5 Å². The van der Waals surface area contributed by atoms with Crippen LogP contribution in [-0.2, 0) is 22.6 Å². The maximum atomic E-state index is 12.0. The Morgan fingerprint density at radius 1 is 1.08 bits per heavy atom. The number of nitrogens with zero attached hydrogens (tertiary/aromatic N) is 2. The van der Waals surface area contributed by atoms with E-state index in [4.69, 9.17) is 13.9 Å². The highest BCUT2D eigenvalue weighted by Crippen LogP contribution is 2.20. The molecule has 3 aromatic rings. The van der Waals surface area contributed by atoms with Gasteiger partial charge in [-0.25, -0.2) is 0 Å². The molecule has 0 spiro atoms. The molecule has 0 saturated heterocycles. The van der Waals surface area contributed by atoms with E-state index in [-0.39, 0.29) is 19.0 Å². The molecule has 26 heavy (non-hydrogen) atoms. The first-order valence-electron chi connectivity index (χ1n) is 8.32. The molecule has 2 aromatic carbocycles. The Labute approximate surface area is 151 Å². The molecule has 0 N–H and O–H groups in total.